The van der Waals surface area contributed by atoms with Crippen LogP contribution < -0.4 is 5.73 Å². The van der Waals surface area contributed by atoms with Crippen LogP contribution in [0.5, 0.6) is 0 Å². The van der Waals surface area contributed by atoms with Gasteiger partial charge < -0.3 is 5.73 Å². The second-order valence-electron chi connectivity index (χ2n) is 3.22. The number of hydrogen-bond acceptors (Lipinski definition) is 1. The molecule has 1 nitrogen and oxygen atoms in total. The highest BCUT2D eigenvalue weighted by Crippen LogP contribution is 2.04. The number of halogens is 1. The normalized spacial score (nSPS) is 8.64. The maximum atomic E-state index is 5.49. The van der Waals surface area contributed by atoms with E-state index in [1.807, 2.05) is 51.1 Å². The largest absolute Gasteiger partial charge is 0.326 e. The van der Waals surface area contributed by atoms with Crippen molar-refractivity contribution >= 4 is 11.6 Å². The van der Waals surface area contributed by atoms with E-state index in [0.717, 1.165) is 5.03 Å². The summed E-state index contributed by atoms with van der Waals surface area (Å²) >= 11 is 5.49. The quantitative estimate of drug-likeness (QED) is 0.754. The second kappa shape index (κ2) is 7.60. The van der Waals surface area contributed by atoms with Crippen molar-refractivity contribution in [3.05, 3.63) is 46.5 Å². The number of hydrogen-bond donors (Lipinski definition) is 1. The van der Waals surface area contributed by atoms with Gasteiger partial charge in [-0.15, -0.1) is 0 Å². The zero-order valence-electron chi connectivity index (χ0n) is 9.05. The Bertz CT molecular complexity index is 260. The van der Waals surface area contributed by atoms with Crippen LogP contribution in [0.4, 0.5) is 0 Å². The van der Waals surface area contributed by atoms with E-state index in [4.69, 9.17) is 17.3 Å². The van der Waals surface area contributed by atoms with E-state index in [1.54, 1.807) is 0 Å². The van der Waals surface area contributed by atoms with Crippen molar-refractivity contribution in [2.45, 2.75) is 27.3 Å². The third kappa shape index (κ3) is 6.70. The Morgan fingerprint density at radius 2 is 1.57 bits per heavy atom. The van der Waals surface area contributed by atoms with Gasteiger partial charge in [0.2, 0.25) is 0 Å². The lowest BCUT2D eigenvalue weighted by Crippen LogP contribution is -1.94. The van der Waals surface area contributed by atoms with E-state index in [0.29, 0.717) is 6.54 Å². The first-order valence-corrected chi connectivity index (χ1v) is 4.99. The molecule has 0 saturated heterocycles. The van der Waals surface area contributed by atoms with Crippen LogP contribution in [0.1, 0.15) is 26.3 Å². The van der Waals surface area contributed by atoms with Crippen LogP contribution in [0.2, 0.25) is 0 Å². The third-order valence-corrected chi connectivity index (χ3v) is 2.15. The molecule has 1 rings (SSSR count). The minimum atomic E-state index is 0.640. The molecule has 0 atom stereocenters. The Hall–Kier alpha value is -0.790. The molecule has 0 unspecified atom stereocenters. The zero-order valence-corrected chi connectivity index (χ0v) is 9.81. The molecule has 0 aromatic heterocycles. The van der Waals surface area contributed by atoms with Crippen LogP contribution in [0, 0.1) is 0 Å². The molecule has 2 N–H and O–H groups in total. The minimum absolute atomic E-state index is 0.640. The van der Waals surface area contributed by atoms with Gasteiger partial charge in [-0.2, -0.15) is 0 Å². The molecule has 0 amide bonds. The number of benzene rings is 1. The highest BCUT2D eigenvalue weighted by atomic mass is 35.5. The first-order valence-electron chi connectivity index (χ1n) is 4.61. The molecule has 2 heteroatoms. The molecule has 0 radical (unpaired) electrons. The van der Waals surface area contributed by atoms with Crippen molar-refractivity contribution in [2.24, 2.45) is 5.73 Å². The summed E-state index contributed by atoms with van der Waals surface area (Å²) in [5.74, 6) is 0. The summed E-state index contributed by atoms with van der Waals surface area (Å²) < 4.78 is 0. The van der Waals surface area contributed by atoms with Crippen LogP contribution >= 0.6 is 11.6 Å². The van der Waals surface area contributed by atoms with E-state index in [9.17, 15) is 0 Å². The van der Waals surface area contributed by atoms with Gasteiger partial charge >= 0.3 is 0 Å². The van der Waals surface area contributed by atoms with Crippen LogP contribution in [0.25, 0.3) is 0 Å². The van der Waals surface area contributed by atoms with Gasteiger partial charge in [-0.1, -0.05) is 47.5 Å². The molecule has 0 saturated carbocycles. The van der Waals surface area contributed by atoms with E-state index in [2.05, 4.69) is 0 Å². The number of nitrogens with two attached hydrogens (primary N) is 1. The maximum absolute atomic E-state index is 5.49. The molecule has 78 valence electrons. The Kier molecular flexibility index (Phi) is 7.17. The Morgan fingerprint density at radius 1 is 1.14 bits per heavy atom. The average Bonchev–Trinajstić information content (AvgIpc) is 2.20. The van der Waals surface area contributed by atoms with Gasteiger partial charge in [0.25, 0.3) is 0 Å². The Labute approximate surface area is 91.6 Å². The molecule has 0 fully saturated rings. The Balaban J connectivity index is 0.000000255. The maximum Gasteiger partial charge on any atom is 0.0178 e. The number of rotatable bonds is 1. The van der Waals surface area contributed by atoms with Crippen LogP contribution in [0.3, 0.4) is 0 Å². The van der Waals surface area contributed by atoms with Gasteiger partial charge in [0, 0.05) is 11.6 Å². The fraction of sp³-hybridized carbons (Fsp3) is 0.333. The first kappa shape index (κ1) is 13.2. The van der Waals surface area contributed by atoms with Gasteiger partial charge in [0.1, 0.15) is 0 Å². The van der Waals surface area contributed by atoms with Crippen molar-refractivity contribution in [3.8, 4) is 0 Å². The van der Waals surface area contributed by atoms with E-state index < -0.39 is 0 Å². The highest BCUT2D eigenvalue weighted by molar-refractivity contribution is 6.29. The molecule has 1 aromatic rings. The lowest BCUT2D eigenvalue weighted by Gasteiger charge is -1.90. The molecule has 0 bridgehead atoms. The average molecular weight is 212 g/mol. The third-order valence-electron chi connectivity index (χ3n) is 1.77. The van der Waals surface area contributed by atoms with Crippen molar-refractivity contribution < 1.29 is 0 Å². The molecule has 0 aliphatic rings. The Morgan fingerprint density at radius 3 is 1.79 bits per heavy atom. The van der Waals surface area contributed by atoms with Crippen LogP contribution in [-0.2, 0) is 6.54 Å². The fourth-order valence-corrected chi connectivity index (χ4v) is 0.614. The molecule has 1 aromatic carbocycles. The van der Waals surface area contributed by atoms with Gasteiger partial charge in [-0.25, -0.2) is 0 Å². The summed E-state index contributed by atoms with van der Waals surface area (Å²) in [6, 6.07) is 9.99. The van der Waals surface area contributed by atoms with E-state index >= 15 is 0 Å². The lowest BCUT2D eigenvalue weighted by molar-refractivity contribution is 1.07. The summed E-state index contributed by atoms with van der Waals surface area (Å²) in [7, 11) is 0. The van der Waals surface area contributed by atoms with E-state index in [-0.39, 0.29) is 0 Å². The zero-order chi connectivity index (χ0) is 11.0. The minimum Gasteiger partial charge on any atom is -0.326 e. The predicted molar refractivity (Wildman–Crippen MR) is 64.2 cm³/mol. The SMILES string of the molecule is CC(C)=C(C)Cl.NCc1ccccc1. The monoisotopic (exact) mass is 211 g/mol. The summed E-state index contributed by atoms with van der Waals surface area (Å²) in [6.07, 6.45) is 0. The lowest BCUT2D eigenvalue weighted by atomic mass is 10.2. The summed E-state index contributed by atoms with van der Waals surface area (Å²) in [6.45, 7) is 6.50. The molecule has 14 heavy (non-hydrogen) atoms. The van der Waals surface area contributed by atoms with Gasteiger partial charge in [-0.3, -0.25) is 0 Å². The highest BCUT2D eigenvalue weighted by Gasteiger charge is 1.80. The summed E-state index contributed by atoms with van der Waals surface area (Å²) in [4.78, 5) is 0. The molecular formula is C12H18ClN. The summed E-state index contributed by atoms with van der Waals surface area (Å²) in [5, 5.41) is 0.898. The summed E-state index contributed by atoms with van der Waals surface area (Å²) in [5.41, 5.74) is 7.73. The molecule has 0 aliphatic heterocycles. The molecule has 0 spiro atoms. The van der Waals surface area contributed by atoms with Gasteiger partial charge in [0.05, 0.1) is 0 Å². The predicted octanol–water partition coefficient (Wildman–Crippen LogP) is 3.68. The van der Waals surface area contributed by atoms with Crippen LogP contribution in [0.15, 0.2) is 40.9 Å². The smallest absolute Gasteiger partial charge is 0.0178 e. The molecule has 0 aliphatic carbocycles. The van der Waals surface area contributed by atoms with Gasteiger partial charge in [-0.05, 0) is 26.3 Å². The first-order chi connectivity index (χ1) is 6.57. The van der Waals surface area contributed by atoms with Crippen molar-refractivity contribution in [3.63, 3.8) is 0 Å². The van der Waals surface area contributed by atoms with E-state index in [1.165, 1.54) is 11.1 Å². The van der Waals surface area contributed by atoms with Gasteiger partial charge in [0.15, 0.2) is 0 Å². The fourth-order valence-electron chi connectivity index (χ4n) is 0.614. The van der Waals surface area contributed by atoms with Crippen molar-refractivity contribution in [1.29, 1.82) is 0 Å². The molecular weight excluding hydrogens is 194 g/mol. The topological polar surface area (TPSA) is 26.0 Å². The molecule has 0 heterocycles. The van der Waals surface area contributed by atoms with Crippen molar-refractivity contribution in [1.82, 2.24) is 0 Å². The second-order valence-corrected chi connectivity index (χ2v) is 3.79. The van der Waals surface area contributed by atoms with Crippen molar-refractivity contribution in [2.75, 3.05) is 0 Å². The number of allylic oxidation sites excluding steroid dienone is 2. The standard InChI is InChI=1S/C7H9N.C5H9Cl/c8-6-7-4-2-1-3-5-7;1-4(2)5(3)6/h1-5H,6,8H2;1-3H3. The van der Waals surface area contributed by atoms with Crippen LogP contribution in [-0.4, -0.2) is 0 Å².